The van der Waals surface area contributed by atoms with Crippen molar-refractivity contribution in [2.45, 2.75) is 0 Å². The molecule has 0 atom stereocenters. The van der Waals surface area contributed by atoms with Crippen LogP contribution in [0.1, 0.15) is 5.56 Å². The topological polar surface area (TPSA) is 26.3 Å². The molecule has 0 saturated carbocycles. The van der Waals surface area contributed by atoms with Crippen LogP contribution < -0.4 is 0 Å². The van der Waals surface area contributed by atoms with E-state index in [4.69, 9.17) is 23.5 Å². The molecule has 1 aromatic rings. The van der Waals surface area contributed by atoms with Crippen LogP contribution in [0.25, 0.3) is 6.08 Å². The fourth-order valence-electron chi connectivity index (χ4n) is 0.806. The van der Waals surface area contributed by atoms with E-state index in [1.54, 1.807) is 0 Å². The van der Waals surface area contributed by atoms with E-state index in [0.717, 1.165) is 6.08 Å². The first-order valence-electron chi connectivity index (χ1n) is 3.59. The number of carbonyl (C=O) groups excluding carboxylic acids is 1. The van der Waals surface area contributed by atoms with Gasteiger partial charge in [0.2, 0.25) is 0 Å². The van der Waals surface area contributed by atoms with Crippen LogP contribution in [0, 0.1) is 5.82 Å². The molecule has 1 aromatic carbocycles. The summed E-state index contributed by atoms with van der Waals surface area (Å²) in [5.41, 5.74) is 0.582. The lowest BCUT2D eigenvalue weighted by Gasteiger charge is -1.95. The van der Waals surface area contributed by atoms with Gasteiger partial charge in [-0.1, -0.05) is 17.7 Å². The van der Waals surface area contributed by atoms with Crippen molar-refractivity contribution in [1.29, 1.82) is 0 Å². The Hall–Kier alpha value is -1.06. The van der Waals surface area contributed by atoms with Crippen molar-refractivity contribution >= 4 is 35.5 Å². The van der Waals surface area contributed by atoms with Crippen molar-refractivity contribution in [3.8, 4) is 0 Å². The highest BCUT2D eigenvalue weighted by Gasteiger charge is 1.99. The summed E-state index contributed by atoms with van der Waals surface area (Å²) in [4.78, 5) is 10.6. The zero-order valence-electron chi connectivity index (χ0n) is 6.84. The van der Waals surface area contributed by atoms with Gasteiger partial charge in [0.1, 0.15) is 17.7 Å². The fraction of sp³-hybridized carbons (Fsp3) is 0. The molecule has 0 radical (unpaired) electrons. The summed E-state index contributed by atoms with van der Waals surface area (Å²) in [6.07, 6.45) is 2.52. The summed E-state index contributed by atoms with van der Waals surface area (Å²) in [5, 5.41) is -0.00797. The fourth-order valence-corrected chi connectivity index (χ4v) is 1.05. The van der Waals surface area contributed by atoms with E-state index in [0.29, 0.717) is 5.56 Å². The van der Waals surface area contributed by atoms with Crippen molar-refractivity contribution in [2.75, 3.05) is 0 Å². The predicted molar refractivity (Wildman–Crippen MR) is 52.4 cm³/mol. The molecule has 0 amide bonds. The van der Waals surface area contributed by atoms with Gasteiger partial charge in [0.05, 0.1) is 5.02 Å². The molecule has 1 rings (SSSR count). The Morgan fingerprint density at radius 1 is 1.50 bits per heavy atom. The molecule has 0 aliphatic heterocycles. The largest absolute Gasteiger partial charge is 0.349 e. The average molecular weight is 235 g/mol. The van der Waals surface area contributed by atoms with Crippen LogP contribution in [0.3, 0.4) is 0 Å². The summed E-state index contributed by atoms with van der Waals surface area (Å²) in [7, 11) is 0. The van der Waals surface area contributed by atoms with Gasteiger partial charge in [-0.15, -0.1) is 0 Å². The lowest BCUT2D eigenvalue weighted by molar-refractivity contribution is -0.128. The molecule has 0 saturated heterocycles. The van der Waals surface area contributed by atoms with Crippen LogP contribution in [0.15, 0.2) is 24.3 Å². The van der Waals surface area contributed by atoms with Gasteiger partial charge in [-0.25, -0.2) is 9.18 Å². The molecule has 0 unspecified atom stereocenters. The van der Waals surface area contributed by atoms with E-state index in [2.05, 4.69) is 4.29 Å². The molecule has 0 spiro atoms. The smallest absolute Gasteiger partial charge is 0.344 e. The minimum atomic E-state index is -0.702. The van der Waals surface area contributed by atoms with Crippen LogP contribution in [-0.2, 0) is 9.08 Å². The quantitative estimate of drug-likeness (QED) is 0.735. The maximum Gasteiger partial charge on any atom is 0.349 e. The number of rotatable bonds is 2. The summed E-state index contributed by atoms with van der Waals surface area (Å²) >= 11 is 10.3. The molecule has 5 heteroatoms. The monoisotopic (exact) mass is 234 g/mol. The van der Waals surface area contributed by atoms with Crippen molar-refractivity contribution in [3.63, 3.8) is 0 Å². The van der Waals surface area contributed by atoms with Gasteiger partial charge in [-0.05, 0) is 23.8 Å². The molecule has 0 aliphatic rings. The Bertz CT molecular complexity index is 377. The normalized spacial score (nSPS) is 10.5. The maximum absolute atomic E-state index is 12.7. The van der Waals surface area contributed by atoms with Crippen LogP contribution in [0.5, 0.6) is 0 Å². The molecule has 0 heterocycles. The molecule has 2 nitrogen and oxygen atoms in total. The molecule has 14 heavy (non-hydrogen) atoms. The first-order valence-corrected chi connectivity index (χ1v) is 4.28. The zero-order chi connectivity index (χ0) is 10.6. The number of benzene rings is 1. The minimum Gasteiger partial charge on any atom is -0.344 e. The summed E-state index contributed by atoms with van der Waals surface area (Å²) in [6, 6.07) is 4.06. The minimum absolute atomic E-state index is 0.00797. The summed E-state index contributed by atoms with van der Waals surface area (Å²) < 4.78 is 16.6. The number of halogens is 3. The summed E-state index contributed by atoms with van der Waals surface area (Å²) in [5.74, 6) is -1.21. The first kappa shape index (κ1) is 11.0. The highest BCUT2D eigenvalue weighted by molar-refractivity contribution is 6.30. The highest BCUT2D eigenvalue weighted by atomic mass is 35.5. The Morgan fingerprint density at radius 2 is 2.21 bits per heavy atom. The molecular formula is C9H5Cl2FO2. The molecular weight excluding hydrogens is 230 g/mol. The van der Waals surface area contributed by atoms with E-state index < -0.39 is 11.8 Å². The van der Waals surface area contributed by atoms with E-state index in [1.165, 1.54) is 24.3 Å². The third kappa shape index (κ3) is 3.01. The Morgan fingerprint density at radius 3 is 2.79 bits per heavy atom. The Balaban J connectivity index is 2.83. The van der Waals surface area contributed by atoms with Gasteiger partial charge in [0.15, 0.2) is 0 Å². The lowest BCUT2D eigenvalue weighted by atomic mass is 10.2. The second kappa shape index (κ2) is 4.98. The third-order valence-corrected chi connectivity index (χ3v) is 1.87. The van der Waals surface area contributed by atoms with Crippen molar-refractivity contribution < 1.29 is 13.5 Å². The van der Waals surface area contributed by atoms with Gasteiger partial charge in [-0.3, -0.25) is 0 Å². The van der Waals surface area contributed by atoms with E-state index in [9.17, 15) is 9.18 Å². The lowest BCUT2D eigenvalue weighted by Crippen LogP contribution is -1.88. The average Bonchev–Trinajstić information content (AvgIpc) is 2.19. The van der Waals surface area contributed by atoms with E-state index in [-0.39, 0.29) is 5.02 Å². The Kier molecular flexibility index (Phi) is 3.92. The van der Waals surface area contributed by atoms with Crippen LogP contribution >= 0.6 is 23.5 Å². The first-order chi connectivity index (χ1) is 6.63. The van der Waals surface area contributed by atoms with Crippen molar-refractivity contribution in [1.82, 2.24) is 0 Å². The molecule has 0 aromatic heterocycles. The number of hydrogen-bond acceptors (Lipinski definition) is 2. The van der Waals surface area contributed by atoms with Crippen molar-refractivity contribution in [3.05, 3.63) is 40.7 Å². The maximum atomic E-state index is 12.7. The highest BCUT2D eigenvalue weighted by Crippen LogP contribution is 2.16. The van der Waals surface area contributed by atoms with Crippen LogP contribution in [-0.4, -0.2) is 5.97 Å². The van der Waals surface area contributed by atoms with Gasteiger partial charge in [0, 0.05) is 6.08 Å². The predicted octanol–water partition coefficient (Wildman–Crippen LogP) is 3.19. The SMILES string of the molecule is O=C(/C=C/c1ccc(F)c(Cl)c1)OCl. The Labute approximate surface area is 90.1 Å². The number of hydrogen-bond donors (Lipinski definition) is 0. The van der Waals surface area contributed by atoms with Crippen LogP contribution in [0.4, 0.5) is 4.39 Å². The molecule has 74 valence electrons. The van der Waals surface area contributed by atoms with Gasteiger partial charge in [-0.2, -0.15) is 0 Å². The second-order valence-electron chi connectivity index (χ2n) is 2.40. The van der Waals surface area contributed by atoms with Crippen molar-refractivity contribution in [2.24, 2.45) is 0 Å². The molecule has 0 bridgehead atoms. The second-order valence-corrected chi connectivity index (χ2v) is 2.96. The van der Waals surface area contributed by atoms with Gasteiger partial charge >= 0.3 is 5.97 Å². The standard InChI is InChI=1S/C9H5Cl2FO2/c10-7-5-6(1-3-8(7)12)2-4-9(13)14-11/h1-5H/b4-2+. The van der Waals surface area contributed by atoms with Gasteiger partial charge < -0.3 is 4.29 Å². The molecule has 0 aliphatic carbocycles. The van der Waals surface area contributed by atoms with E-state index in [1.807, 2.05) is 0 Å². The van der Waals surface area contributed by atoms with Gasteiger partial charge in [0.25, 0.3) is 0 Å². The number of carbonyl (C=O) groups is 1. The molecule has 0 N–H and O–H groups in total. The zero-order valence-corrected chi connectivity index (χ0v) is 8.35. The summed E-state index contributed by atoms with van der Waals surface area (Å²) in [6.45, 7) is 0. The third-order valence-electron chi connectivity index (χ3n) is 1.43. The molecule has 0 fully saturated rings. The van der Waals surface area contributed by atoms with E-state index >= 15 is 0 Å². The van der Waals surface area contributed by atoms with Crippen LogP contribution in [0.2, 0.25) is 5.02 Å².